The summed E-state index contributed by atoms with van der Waals surface area (Å²) >= 11 is 0. The monoisotopic (exact) mass is 280 g/mol. The first kappa shape index (κ1) is 17.3. The van der Waals surface area contributed by atoms with Crippen LogP contribution in [-0.2, 0) is 14.8 Å². The molecule has 6 nitrogen and oxygen atoms in total. The lowest BCUT2D eigenvalue weighted by atomic mass is 10.1. The summed E-state index contributed by atoms with van der Waals surface area (Å²) in [6.07, 6.45) is 0.502. The van der Waals surface area contributed by atoms with Gasteiger partial charge in [-0.15, -0.1) is 0 Å². The summed E-state index contributed by atoms with van der Waals surface area (Å²) in [4.78, 5) is 11.7. The second-order valence-electron chi connectivity index (χ2n) is 4.62. The third-order valence-electron chi connectivity index (χ3n) is 2.73. The van der Waals surface area contributed by atoms with Gasteiger partial charge >= 0.3 is 0 Å². The largest absolute Gasteiger partial charge is 0.396 e. The third-order valence-corrected chi connectivity index (χ3v) is 4.39. The molecule has 3 unspecified atom stereocenters. The third kappa shape index (κ3) is 6.32. The number of aliphatic hydroxyl groups excluding tert-OH is 1. The van der Waals surface area contributed by atoms with Crippen LogP contribution in [0, 0.1) is 5.92 Å². The summed E-state index contributed by atoms with van der Waals surface area (Å²) in [5.41, 5.74) is 0. The minimum Gasteiger partial charge on any atom is -0.396 e. The molecule has 0 heterocycles. The molecule has 0 bridgehead atoms. The Morgan fingerprint density at radius 1 is 1.28 bits per heavy atom. The van der Waals surface area contributed by atoms with E-state index in [9.17, 15) is 13.2 Å². The van der Waals surface area contributed by atoms with Crippen molar-refractivity contribution in [3.63, 3.8) is 0 Å². The van der Waals surface area contributed by atoms with Crippen molar-refractivity contribution in [1.82, 2.24) is 10.0 Å². The number of carbonyl (C=O) groups excluding carboxylic acids is 1. The molecule has 3 atom stereocenters. The van der Waals surface area contributed by atoms with Crippen LogP contribution >= 0.6 is 0 Å². The van der Waals surface area contributed by atoms with Crippen LogP contribution in [-0.4, -0.2) is 43.9 Å². The maximum atomic E-state index is 11.7. The summed E-state index contributed by atoms with van der Waals surface area (Å²) in [7, 11) is -3.40. The molecule has 1 amide bonds. The van der Waals surface area contributed by atoms with Gasteiger partial charge in [-0.1, -0.05) is 13.8 Å². The highest BCUT2D eigenvalue weighted by Gasteiger charge is 2.22. The molecular formula is C11H24N2O4S. The van der Waals surface area contributed by atoms with E-state index in [0.29, 0.717) is 6.42 Å². The standard InChI is InChI=1S/C11H24N2O4S/c1-5-6-18(16,17)13-10(4)11(15)12-9(3)8(2)7-14/h8-10,13-14H,5-7H2,1-4H3,(H,12,15). The molecule has 0 saturated carbocycles. The highest BCUT2D eigenvalue weighted by molar-refractivity contribution is 7.89. The molecule has 0 radical (unpaired) electrons. The van der Waals surface area contributed by atoms with Gasteiger partial charge < -0.3 is 10.4 Å². The van der Waals surface area contributed by atoms with Gasteiger partial charge in [-0.25, -0.2) is 13.1 Å². The normalized spacial score (nSPS) is 16.9. The van der Waals surface area contributed by atoms with Crippen molar-refractivity contribution >= 4 is 15.9 Å². The quantitative estimate of drug-likeness (QED) is 0.575. The SMILES string of the molecule is CCCS(=O)(=O)NC(C)C(=O)NC(C)C(C)CO. The van der Waals surface area contributed by atoms with Crippen molar-refractivity contribution < 1.29 is 18.3 Å². The van der Waals surface area contributed by atoms with Gasteiger partial charge in [0.15, 0.2) is 0 Å². The zero-order chi connectivity index (χ0) is 14.3. The highest BCUT2D eigenvalue weighted by Crippen LogP contribution is 2.01. The van der Waals surface area contributed by atoms with E-state index in [0.717, 1.165) is 0 Å². The Balaban J connectivity index is 4.36. The fourth-order valence-corrected chi connectivity index (χ4v) is 2.60. The molecule has 108 valence electrons. The Morgan fingerprint density at radius 2 is 1.83 bits per heavy atom. The van der Waals surface area contributed by atoms with E-state index < -0.39 is 16.1 Å². The molecule has 0 rings (SSSR count). The van der Waals surface area contributed by atoms with E-state index in [2.05, 4.69) is 10.0 Å². The lowest BCUT2D eigenvalue weighted by Crippen LogP contribution is -2.49. The predicted molar refractivity (Wildman–Crippen MR) is 70.5 cm³/mol. The van der Waals surface area contributed by atoms with Crippen molar-refractivity contribution in [2.45, 2.75) is 46.2 Å². The molecule has 7 heteroatoms. The van der Waals surface area contributed by atoms with Gasteiger partial charge in [-0.2, -0.15) is 0 Å². The van der Waals surface area contributed by atoms with E-state index >= 15 is 0 Å². The Morgan fingerprint density at radius 3 is 2.28 bits per heavy atom. The van der Waals surface area contributed by atoms with Gasteiger partial charge in [0.25, 0.3) is 0 Å². The minimum atomic E-state index is -3.40. The lowest BCUT2D eigenvalue weighted by molar-refractivity contribution is -0.123. The predicted octanol–water partition coefficient (Wildman–Crippen LogP) is -0.163. The number of rotatable bonds is 8. The summed E-state index contributed by atoms with van der Waals surface area (Å²) < 4.78 is 25.3. The van der Waals surface area contributed by atoms with Crippen LogP contribution in [0.5, 0.6) is 0 Å². The first-order valence-electron chi connectivity index (χ1n) is 6.14. The Hall–Kier alpha value is -0.660. The number of hydrogen-bond acceptors (Lipinski definition) is 4. The van der Waals surface area contributed by atoms with Crippen molar-refractivity contribution in [2.24, 2.45) is 5.92 Å². The van der Waals surface area contributed by atoms with Gasteiger partial charge in [0, 0.05) is 12.6 Å². The Labute approximate surface area is 109 Å². The molecule has 0 aromatic rings. The molecular weight excluding hydrogens is 256 g/mol. The second kappa shape index (κ2) is 7.70. The Kier molecular flexibility index (Phi) is 7.42. The van der Waals surface area contributed by atoms with Crippen molar-refractivity contribution in [3.8, 4) is 0 Å². The number of amides is 1. The molecule has 0 fully saturated rings. The smallest absolute Gasteiger partial charge is 0.238 e. The van der Waals surface area contributed by atoms with Crippen molar-refractivity contribution in [3.05, 3.63) is 0 Å². The Bertz CT molecular complexity index is 356. The highest BCUT2D eigenvalue weighted by atomic mass is 32.2. The van der Waals surface area contributed by atoms with E-state index in [-0.39, 0.29) is 30.2 Å². The molecule has 0 aromatic heterocycles. The van der Waals surface area contributed by atoms with Crippen LogP contribution in [0.25, 0.3) is 0 Å². The van der Waals surface area contributed by atoms with Crippen LogP contribution in [0.3, 0.4) is 0 Å². The number of carbonyl (C=O) groups is 1. The van der Waals surface area contributed by atoms with Crippen molar-refractivity contribution in [2.75, 3.05) is 12.4 Å². The van der Waals surface area contributed by atoms with Crippen LogP contribution < -0.4 is 10.0 Å². The fraction of sp³-hybridized carbons (Fsp3) is 0.909. The molecule has 0 spiro atoms. The molecule has 0 saturated heterocycles. The zero-order valence-corrected chi connectivity index (χ0v) is 12.3. The topological polar surface area (TPSA) is 95.5 Å². The first-order chi connectivity index (χ1) is 8.23. The van der Waals surface area contributed by atoms with E-state index in [1.54, 1.807) is 20.8 Å². The number of nitrogens with one attached hydrogen (secondary N) is 2. The van der Waals surface area contributed by atoms with Crippen LogP contribution in [0.15, 0.2) is 0 Å². The summed E-state index contributed by atoms with van der Waals surface area (Å²) in [5.74, 6) is -0.455. The van der Waals surface area contributed by atoms with Gasteiger partial charge in [-0.05, 0) is 26.2 Å². The average Bonchev–Trinajstić information content (AvgIpc) is 2.26. The summed E-state index contributed by atoms with van der Waals surface area (Å²) in [6.45, 7) is 6.80. The molecule has 0 aromatic carbocycles. The van der Waals surface area contributed by atoms with Gasteiger partial charge in [0.05, 0.1) is 11.8 Å². The van der Waals surface area contributed by atoms with Gasteiger partial charge in [0.1, 0.15) is 0 Å². The molecule has 3 N–H and O–H groups in total. The fourth-order valence-electron chi connectivity index (χ4n) is 1.30. The van der Waals surface area contributed by atoms with Gasteiger partial charge in [0.2, 0.25) is 15.9 Å². The van der Waals surface area contributed by atoms with Crippen LogP contribution in [0.2, 0.25) is 0 Å². The first-order valence-corrected chi connectivity index (χ1v) is 7.80. The molecule has 0 aliphatic heterocycles. The van der Waals surface area contributed by atoms with E-state index in [4.69, 9.17) is 5.11 Å². The summed E-state index contributed by atoms with van der Waals surface area (Å²) in [5, 5.41) is 11.6. The van der Waals surface area contributed by atoms with Crippen LogP contribution in [0.1, 0.15) is 34.1 Å². The number of sulfonamides is 1. The van der Waals surface area contributed by atoms with Gasteiger partial charge in [-0.3, -0.25) is 4.79 Å². The maximum absolute atomic E-state index is 11.7. The zero-order valence-electron chi connectivity index (χ0n) is 11.4. The molecule has 18 heavy (non-hydrogen) atoms. The maximum Gasteiger partial charge on any atom is 0.238 e. The second-order valence-corrected chi connectivity index (χ2v) is 6.49. The minimum absolute atomic E-state index is 0.00716. The van der Waals surface area contributed by atoms with E-state index in [1.807, 2.05) is 0 Å². The molecule has 0 aliphatic carbocycles. The average molecular weight is 280 g/mol. The van der Waals surface area contributed by atoms with Crippen LogP contribution in [0.4, 0.5) is 0 Å². The van der Waals surface area contributed by atoms with Crippen molar-refractivity contribution in [1.29, 1.82) is 0 Å². The van der Waals surface area contributed by atoms with E-state index in [1.165, 1.54) is 6.92 Å². The number of hydrogen-bond donors (Lipinski definition) is 3. The lowest BCUT2D eigenvalue weighted by Gasteiger charge is -2.22. The molecule has 0 aliphatic rings. The number of aliphatic hydroxyl groups is 1. The summed E-state index contributed by atoms with van der Waals surface area (Å²) in [6, 6.07) is -1.02.